The first-order valence-corrected chi connectivity index (χ1v) is 11.1. The lowest BCUT2D eigenvalue weighted by Crippen LogP contribution is -2.32. The normalized spacial score (nSPS) is 18.2. The summed E-state index contributed by atoms with van der Waals surface area (Å²) in [5, 5.41) is 8.14. The van der Waals surface area contributed by atoms with Crippen molar-refractivity contribution in [2.24, 2.45) is 0 Å². The first-order valence-electron chi connectivity index (χ1n) is 11.1. The fraction of sp³-hybridized carbons (Fsp3) is 0.185. The molecule has 2 aliphatic rings. The van der Waals surface area contributed by atoms with E-state index < -0.39 is 6.10 Å². The summed E-state index contributed by atoms with van der Waals surface area (Å²) in [4.78, 5) is 4.50. The molecule has 0 bridgehead atoms. The lowest BCUT2D eigenvalue weighted by atomic mass is 9.83. The first kappa shape index (κ1) is 20.4. The van der Waals surface area contributed by atoms with Crippen LogP contribution in [0.3, 0.4) is 0 Å². The lowest BCUT2D eigenvalue weighted by molar-refractivity contribution is 0.217. The van der Waals surface area contributed by atoms with Crippen LogP contribution in [0.1, 0.15) is 34.4 Å². The van der Waals surface area contributed by atoms with E-state index in [2.05, 4.69) is 46.6 Å². The van der Waals surface area contributed by atoms with Crippen LogP contribution in [-0.4, -0.2) is 29.0 Å². The molecule has 0 radical (unpaired) electrons. The Morgan fingerprint density at radius 2 is 1.76 bits per heavy atom. The van der Waals surface area contributed by atoms with Crippen molar-refractivity contribution in [3.8, 4) is 17.2 Å². The monoisotopic (exact) mass is 452 g/mol. The number of fused-ring (bicyclic) bond motifs is 3. The van der Waals surface area contributed by atoms with Crippen LogP contribution < -0.4 is 19.5 Å². The maximum atomic E-state index is 6.71. The van der Waals surface area contributed by atoms with Gasteiger partial charge in [-0.3, -0.25) is 0 Å². The number of ether oxygens (including phenoxy) is 3. The van der Waals surface area contributed by atoms with Gasteiger partial charge in [0.25, 0.3) is 0 Å². The molecule has 3 heterocycles. The quantitative estimate of drug-likeness (QED) is 0.461. The summed E-state index contributed by atoms with van der Waals surface area (Å²) in [6.45, 7) is 2.12. The molecular weight excluding hydrogens is 428 g/mol. The van der Waals surface area contributed by atoms with Gasteiger partial charge in [-0.15, -0.1) is 0 Å². The Morgan fingerprint density at radius 1 is 0.941 bits per heavy atom. The minimum Gasteiger partial charge on any atom is -0.497 e. The zero-order valence-electron chi connectivity index (χ0n) is 19.1. The molecule has 7 nitrogen and oxygen atoms in total. The molecule has 7 heteroatoms. The van der Waals surface area contributed by atoms with Gasteiger partial charge in [0.1, 0.15) is 29.6 Å². The van der Waals surface area contributed by atoms with Crippen molar-refractivity contribution in [1.82, 2.24) is 14.8 Å². The average molecular weight is 453 g/mol. The summed E-state index contributed by atoms with van der Waals surface area (Å²) in [5.41, 5.74) is 6.25. The van der Waals surface area contributed by atoms with Gasteiger partial charge in [0, 0.05) is 22.8 Å². The molecule has 0 amide bonds. The minimum atomic E-state index is -0.416. The van der Waals surface area contributed by atoms with Crippen molar-refractivity contribution >= 4 is 11.6 Å². The van der Waals surface area contributed by atoms with Crippen molar-refractivity contribution < 1.29 is 14.2 Å². The highest BCUT2D eigenvalue weighted by Crippen LogP contribution is 2.52. The Hall–Kier alpha value is -4.26. The molecule has 0 saturated heterocycles. The Kier molecular flexibility index (Phi) is 4.76. The second-order valence-corrected chi connectivity index (χ2v) is 8.34. The molecule has 0 saturated carbocycles. The van der Waals surface area contributed by atoms with Gasteiger partial charge in [0.15, 0.2) is 6.10 Å². The summed E-state index contributed by atoms with van der Waals surface area (Å²) < 4.78 is 19.9. The fourth-order valence-electron chi connectivity index (χ4n) is 4.90. The van der Waals surface area contributed by atoms with E-state index in [-0.39, 0.29) is 6.04 Å². The molecule has 4 aromatic rings. The Balaban J connectivity index is 1.64. The second kappa shape index (κ2) is 7.95. The summed E-state index contributed by atoms with van der Waals surface area (Å²) in [7, 11) is 3.31. The summed E-state index contributed by atoms with van der Waals surface area (Å²) in [5.74, 6) is 2.92. The number of nitrogens with zero attached hydrogens (tertiary/aromatic N) is 3. The van der Waals surface area contributed by atoms with E-state index >= 15 is 0 Å². The zero-order valence-corrected chi connectivity index (χ0v) is 19.1. The lowest BCUT2D eigenvalue weighted by Gasteiger charge is -2.39. The maximum absolute atomic E-state index is 6.71. The number of rotatable bonds is 4. The number of para-hydroxylation sites is 1. The van der Waals surface area contributed by atoms with Gasteiger partial charge in [-0.2, -0.15) is 10.1 Å². The van der Waals surface area contributed by atoms with Crippen LogP contribution in [0.25, 0.3) is 5.70 Å². The molecule has 170 valence electrons. The average Bonchev–Trinajstić information content (AvgIpc) is 3.35. The summed E-state index contributed by atoms with van der Waals surface area (Å²) >= 11 is 0. The van der Waals surface area contributed by atoms with Crippen molar-refractivity contribution in [2.45, 2.75) is 19.1 Å². The third kappa shape index (κ3) is 3.04. The molecule has 0 spiro atoms. The molecule has 0 fully saturated rings. The summed E-state index contributed by atoms with van der Waals surface area (Å²) in [6.07, 6.45) is 1.17. The first-order chi connectivity index (χ1) is 16.7. The molecule has 3 aromatic carbocycles. The summed E-state index contributed by atoms with van der Waals surface area (Å²) in [6, 6.07) is 22.1. The highest BCUT2D eigenvalue weighted by Gasteiger charge is 2.42. The number of hydrogen-bond donors (Lipinski definition) is 1. The van der Waals surface area contributed by atoms with Gasteiger partial charge in [-0.05, 0) is 42.3 Å². The number of benzene rings is 3. The molecule has 6 rings (SSSR count). The van der Waals surface area contributed by atoms with Crippen molar-refractivity contribution in [1.29, 1.82) is 0 Å². The van der Waals surface area contributed by atoms with Crippen molar-refractivity contribution in [3.05, 3.63) is 101 Å². The largest absolute Gasteiger partial charge is 0.497 e. The molecule has 1 N–H and O–H groups in total. The van der Waals surface area contributed by atoms with E-state index in [1.54, 1.807) is 20.5 Å². The van der Waals surface area contributed by atoms with Gasteiger partial charge in [0.05, 0.1) is 19.9 Å². The number of aryl methyl sites for hydroxylation is 1. The van der Waals surface area contributed by atoms with Crippen molar-refractivity contribution in [2.75, 3.05) is 19.5 Å². The smallest absolute Gasteiger partial charge is 0.226 e. The molecule has 2 atom stereocenters. The molecular formula is C27H24N4O3. The van der Waals surface area contributed by atoms with Gasteiger partial charge in [-0.25, -0.2) is 4.68 Å². The third-order valence-corrected chi connectivity index (χ3v) is 6.53. The standard InChI is InChI=1S/C27H24N4O3/c1-16-8-4-5-9-18(16)25-23-24(30-27-28-15-29-31(25)27)19-10-6-7-11-21(19)34-26(23)20-13-12-17(32-2)14-22(20)33-3/h4-15,25-26H,1-3H3,(H,28,29,30)/t25-,26-/m0/s1. The molecule has 0 unspecified atom stereocenters. The van der Waals surface area contributed by atoms with Crippen LogP contribution >= 0.6 is 0 Å². The molecule has 2 aliphatic heterocycles. The number of anilines is 1. The van der Waals surface area contributed by atoms with E-state index in [4.69, 9.17) is 14.2 Å². The topological polar surface area (TPSA) is 70.4 Å². The van der Waals surface area contributed by atoms with Gasteiger partial charge in [-0.1, -0.05) is 36.4 Å². The fourth-order valence-corrected chi connectivity index (χ4v) is 4.90. The Morgan fingerprint density at radius 3 is 2.59 bits per heavy atom. The molecule has 1 aromatic heterocycles. The van der Waals surface area contributed by atoms with Crippen LogP contribution in [-0.2, 0) is 0 Å². The minimum absolute atomic E-state index is 0.208. The third-order valence-electron chi connectivity index (χ3n) is 6.53. The SMILES string of the molecule is COc1ccc([C@@H]2Oc3ccccc3C3=C2[C@H](c2ccccc2C)n2ncnc2N3)c(OC)c1. The number of hydrogen-bond acceptors (Lipinski definition) is 6. The van der Waals surface area contributed by atoms with Crippen LogP contribution in [0.15, 0.2) is 78.6 Å². The molecule has 34 heavy (non-hydrogen) atoms. The van der Waals surface area contributed by atoms with Gasteiger partial charge in [0.2, 0.25) is 5.95 Å². The van der Waals surface area contributed by atoms with E-state index in [0.717, 1.165) is 39.5 Å². The highest BCUT2D eigenvalue weighted by atomic mass is 16.5. The van der Waals surface area contributed by atoms with E-state index in [1.807, 2.05) is 47.1 Å². The zero-order chi connectivity index (χ0) is 23.2. The number of nitrogens with one attached hydrogen (secondary N) is 1. The van der Waals surface area contributed by atoms with Gasteiger partial charge >= 0.3 is 0 Å². The van der Waals surface area contributed by atoms with Crippen LogP contribution in [0.4, 0.5) is 5.95 Å². The van der Waals surface area contributed by atoms with Crippen LogP contribution in [0.5, 0.6) is 17.2 Å². The second-order valence-electron chi connectivity index (χ2n) is 8.34. The van der Waals surface area contributed by atoms with Crippen LogP contribution in [0, 0.1) is 6.92 Å². The van der Waals surface area contributed by atoms with E-state index in [1.165, 1.54) is 5.56 Å². The highest BCUT2D eigenvalue weighted by molar-refractivity contribution is 5.85. The van der Waals surface area contributed by atoms with E-state index in [9.17, 15) is 0 Å². The van der Waals surface area contributed by atoms with Gasteiger partial charge < -0.3 is 19.5 Å². The van der Waals surface area contributed by atoms with E-state index in [0.29, 0.717) is 11.7 Å². The number of methoxy groups -OCH3 is 2. The predicted octanol–water partition coefficient (Wildman–Crippen LogP) is 5.16. The Bertz CT molecular complexity index is 1420. The Labute approximate surface area is 197 Å². The van der Waals surface area contributed by atoms with Crippen LogP contribution in [0.2, 0.25) is 0 Å². The number of aromatic nitrogens is 3. The van der Waals surface area contributed by atoms with Crippen molar-refractivity contribution in [3.63, 3.8) is 0 Å². The predicted molar refractivity (Wildman–Crippen MR) is 129 cm³/mol. The molecule has 0 aliphatic carbocycles. The maximum Gasteiger partial charge on any atom is 0.226 e.